The first-order valence-electron chi connectivity index (χ1n) is 5.45. The molecular weight excluding hydrogens is 204 g/mol. The molecule has 16 heavy (non-hydrogen) atoms. The van der Waals surface area contributed by atoms with Crippen LogP contribution in [0.3, 0.4) is 0 Å². The summed E-state index contributed by atoms with van der Waals surface area (Å²) in [6, 6.07) is 5.24. The highest BCUT2D eigenvalue weighted by molar-refractivity contribution is 5.90. The van der Waals surface area contributed by atoms with Crippen molar-refractivity contribution >= 4 is 5.97 Å². The summed E-state index contributed by atoms with van der Waals surface area (Å²) in [6.45, 7) is 7.78. The Hall–Kier alpha value is -1.51. The molecule has 88 valence electrons. The van der Waals surface area contributed by atoms with Crippen molar-refractivity contribution in [3.63, 3.8) is 0 Å². The number of aromatic carboxylic acids is 1. The molecular formula is C13H18O3. The first-order chi connectivity index (χ1) is 7.41. The van der Waals surface area contributed by atoms with E-state index < -0.39 is 5.97 Å². The van der Waals surface area contributed by atoms with Gasteiger partial charge >= 0.3 is 5.97 Å². The summed E-state index contributed by atoms with van der Waals surface area (Å²) in [5.41, 5.74) is 1.16. The molecule has 1 rings (SSSR count). The van der Waals surface area contributed by atoms with Crippen LogP contribution in [0.2, 0.25) is 0 Å². The van der Waals surface area contributed by atoms with E-state index >= 15 is 0 Å². The molecule has 0 aromatic heterocycles. The van der Waals surface area contributed by atoms with Gasteiger partial charge in [0.05, 0.1) is 11.7 Å². The Kier molecular flexibility index (Phi) is 3.93. The molecule has 0 saturated carbocycles. The predicted octanol–water partition coefficient (Wildman–Crippen LogP) is 3.30. The van der Waals surface area contributed by atoms with Crippen LogP contribution < -0.4 is 4.74 Å². The highest BCUT2D eigenvalue weighted by Crippen LogP contribution is 2.24. The summed E-state index contributed by atoms with van der Waals surface area (Å²) >= 11 is 0. The van der Waals surface area contributed by atoms with Crippen molar-refractivity contribution < 1.29 is 14.6 Å². The first-order valence-corrected chi connectivity index (χ1v) is 5.45. The normalized spacial score (nSPS) is 10.9. The van der Waals surface area contributed by atoms with Crippen molar-refractivity contribution in [2.24, 2.45) is 0 Å². The number of ether oxygens (including phenoxy) is 1. The van der Waals surface area contributed by atoms with Gasteiger partial charge in [0.1, 0.15) is 5.75 Å². The highest BCUT2D eigenvalue weighted by Gasteiger charge is 2.14. The molecule has 0 aliphatic rings. The fraction of sp³-hybridized carbons (Fsp3) is 0.462. The van der Waals surface area contributed by atoms with E-state index in [1.165, 1.54) is 0 Å². The van der Waals surface area contributed by atoms with Gasteiger partial charge in [-0.1, -0.05) is 19.9 Å². The van der Waals surface area contributed by atoms with Gasteiger partial charge in [0, 0.05) is 0 Å². The lowest BCUT2D eigenvalue weighted by Gasteiger charge is -2.14. The van der Waals surface area contributed by atoms with Gasteiger partial charge in [0.15, 0.2) is 0 Å². The van der Waals surface area contributed by atoms with Crippen molar-refractivity contribution in [2.45, 2.75) is 39.7 Å². The molecule has 1 N–H and O–H groups in total. The number of rotatable bonds is 4. The molecule has 0 aliphatic heterocycles. The van der Waals surface area contributed by atoms with Gasteiger partial charge in [-0.05, 0) is 37.5 Å². The molecule has 0 atom stereocenters. The Morgan fingerprint density at radius 2 is 1.88 bits per heavy atom. The Bertz CT molecular complexity index is 381. The lowest BCUT2D eigenvalue weighted by Crippen LogP contribution is -2.08. The third-order valence-corrected chi connectivity index (χ3v) is 2.25. The predicted molar refractivity (Wildman–Crippen MR) is 63.3 cm³/mol. The van der Waals surface area contributed by atoms with E-state index in [0.29, 0.717) is 11.3 Å². The van der Waals surface area contributed by atoms with Crippen LogP contribution in [0.1, 0.15) is 49.5 Å². The minimum atomic E-state index is -0.905. The van der Waals surface area contributed by atoms with E-state index in [1.54, 1.807) is 6.07 Å². The molecule has 0 fully saturated rings. The van der Waals surface area contributed by atoms with E-state index in [2.05, 4.69) is 0 Å². The van der Waals surface area contributed by atoms with Crippen molar-refractivity contribution in [3.05, 3.63) is 29.3 Å². The second kappa shape index (κ2) is 5.01. The molecule has 0 saturated heterocycles. The van der Waals surface area contributed by atoms with E-state index in [0.717, 1.165) is 5.56 Å². The molecule has 0 amide bonds. The Balaban J connectivity index is 3.12. The average Bonchev–Trinajstić information content (AvgIpc) is 2.16. The number of carboxylic acid groups (broad SMARTS) is 1. The van der Waals surface area contributed by atoms with Gasteiger partial charge < -0.3 is 9.84 Å². The maximum absolute atomic E-state index is 11.1. The maximum Gasteiger partial charge on any atom is 0.336 e. The molecule has 0 spiro atoms. The summed E-state index contributed by atoms with van der Waals surface area (Å²) in [7, 11) is 0. The Labute approximate surface area is 96.1 Å². The van der Waals surface area contributed by atoms with Gasteiger partial charge in [-0.15, -0.1) is 0 Å². The lowest BCUT2D eigenvalue weighted by atomic mass is 9.97. The third kappa shape index (κ3) is 2.99. The molecule has 3 heteroatoms. The number of carboxylic acids is 1. The number of hydrogen-bond donors (Lipinski definition) is 1. The lowest BCUT2D eigenvalue weighted by molar-refractivity contribution is 0.0694. The number of carbonyl (C=O) groups is 1. The average molecular weight is 222 g/mol. The standard InChI is InChI=1S/C13H18O3/c1-8(2)11-6-5-10(16-9(3)4)7-12(11)13(14)15/h5-9H,1-4H3,(H,14,15). The van der Waals surface area contributed by atoms with Crippen LogP contribution >= 0.6 is 0 Å². The highest BCUT2D eigenvalue weighted by atomic mass is 16.5. The summed E-state index contributed by atoms with van der Waals surface area (Å²) in [4.78, 5) is 11.1. The van der Waals surface area contributed by atoms with E-state index in [4.69, 9.17) is 9.84 Å². The largest absolute Gasteiger partial charge is 0.491 e. The fourth-order valence-corrected chi connectivity index (χ4v) is 1.57. The zero-order valence-corrected chi connectivity index (χ0v) is 10.2. The minimum Gasteiger partial charge on any atom is -0.491 e. The Morgan fingerprint density at radius 1 is 1.25 bits per heavy atom. The summed E-state index contributed by atoms with van der Waals surface area (Å²) in [6.07, 6.45) is 0.0477. The summed E-state index contributed by atoms with van der Waals surface area (Å²) in [5.74, 6) is -0.103. The topological polar surface area (TPSA) is 46.5 Å². The zero-order valence-electron chi connectivity index (χ0n) is 10.2. The van der Waals surface area contributed by atoms with Crippen LogP contribution in [-0.4, -0.2) is 17.2 Å². The molecule has 0 aliphatic carbocycles. The molecule has 3 nitrogen and oxygen atoms in total. The van der Waals surface area contributed by atoms with Crippen molar-refractivity contribution in [1.82, 2.24) is 0 Å². The van der Waals surface area contributed by atoms with Crippen molar-refractivity contribution in [1.29, 1.82) is 0 Å². The van der Waals surface area contributed by atoms with Crippen LogP contribution in [0, 0.1) is 0 Å². The van der Waals surface area contributed by atoms with Gasteiger partial charge in [-0.25, -0.2) is 4.79 Å². The van der Waals surface area contributed by atoms with E-state index in [1.807, 2.05) is 39.8 Å². The van der Waals surface area contributed by atoms with E-state index in [9.17, 15) is 4.79 Å². The molecule has 0 unspecified atom stereocenters. The van der Waals surface area contributed by atoms with Gasteiger partial charge in [-0.2, -0.15) is 0 Å². The van der Waals surface area contributed by atoms with Crippen LogP contribution in [0.15, 0.2) is 18.2 Å². The maximum atomic E-state index is 11.1. The van der Waals surface area contributed by atoms with E-state index in [-0.39, 0.29) is 12.0 Å². The summed E-state index contributed by atoms with van der Waals surface area (Å²) in [5, 5.41) is 9.12. The quantitative estimate of drug-likeness (QED) is 0.850. The monoisotopic (exact) mass is 222 g/mol. The third-order valence-electron chi connectivity index (χ3n) is 2.25. The molecule has 1 aromatic rings. The second-order valence-corrected chi connectivity index (χ2v) is 4.38. The first kappa shape index (κ1) is 12.6. The Morgan fingerprint density at radius 3 is 2.31 bits per heavy atom. The SMILES string of the molecule is CC(C)Oc1ccc(C(C)C)c(C(=O)O)c1. The molecule has 0 radical (unpaired) electrons. The fourth-order valence-electron chi connectivity index (χ4n) is 1.57. The molecule has 0 heterocycles. The van der Waals surface area contributed by atoms with Crippen molar-refractivity contribution in [2.75, 3.05) is 0 Å². The second-order valence-electron chi connectivity index (χ2n) is 4.38. The number of hydrogen-bond acceptors (Lipinski definition) is 2. The van der Waals surface area contributed by atoms with Crippen LogP contribution in [0.4, 0.5) is 0 Å². The van der Waals surface area contributed by atoms with Gasteiger partial charge in [-0.3, -0.25) is 0 Å². The van der Waals surface area contributed by atoms with Gasteiger partial charge in [0.25, 0.3) is 0 Å². The number of benzene rings is 1. The minimum absolute atomic E-state index is 0.0477. The molecule has 0 bridgehead atoms. The smallest absolute Gasteiger partial charge is 0.336 e. The van der Waals surface area contributed by atoms with Crippen LogP contribution in [0.25, 0.3) is 0 Å². The summed E-state index contributed by atoms with van der Waals surface area (Å²) < 4.78 is 5.48. The van der Waals surface area contributed by atoms with Crippen molar-refractivity contribution in [3.8, 4) is 5.75 Å². The molecule has 1 aromatic carbocycles. The zero-order chi connectivity index (χ0) is 12.3. The van der Waals surface area contributed by atoms with Gasteiger partial charge in [0.2, 0.25) is 0 Å². The van der Waals surface area contributed by atoms with Crippen LogP contribution in [0.5, 0.6) is 5.75 Å². The van der Waals surface area contributed by atoms with Crippen LogP contribution in [-0.2, 0) is 0 Å².